The number of H-pyrrole nitrogens is 2. The monoisotopic (exact) mass is 482 g/mol. The van der Waals surface area contributed by atoms with Gasteiger partial charge in [-0.1, -0.05) is 6.07 Å². The summed E-state index contributed by atoms with van der Waals surface area (Å²) >= 11 is 0. The van der Waals surface area contributed by atoms with Gasteiger partial charge in [0.15, 0.2) is 5.79 Å². The number of halogens is 2. The predicted octanol–water partition coefficient (Wildman–Crippen LogP) is 5.28. The number of aromatic amines is 2. The highest BCUT2D eigenvalue weighted by Gasteiger charge is 2.33. The third-order valence-corrected chi connectivity index (χ3v) is 5.62. The molecule has 4 aromatic rings. The van der Waals surface area contributed by atoms with Gasteiger partial charge in [0.2, 0.25) is 0 Å². The van der Waals surface area contributed by atoms with Crippen molar-refractivity contribution >= 4 is 22.8 Å². The van der Waals surface area contributed by atoms with Crippen LogP contribution in [0.1, 0.15) is 36.2 Å². The summed E-state index contributed by atoms with van der Waals surface area (Å²) < 4.78 is 44.9. The first kappa shape index (κ1) is 23.0. The molecule has 1 amide bonds. The molecule has 0 spiro atoms. The lowest BCUT2D eigenvalue weighted by Gasteiger charge is -2.17. The molecule has 8 nitrogen and oxygen atoms in total. The third-order valence-electron chi connectivity index (χ3n) is 5.62. The smallest absolute Gasteiger partial charge is 0.264 e. The lowest BCUT2D eigenvalue weighted by Crippen LogP contribution is -2.25. The first-order chi connectivity index (χ1) is 16.8. The zero-order valence-electron chi connectivity index (χ0n) is 19.1. The number of alkyl halides is 2. The van der Waals surface area contributed by atoms with Crippen molar-refractivity contribution in [3.8, 4) is 17.1 Å². The van der Waals surface area contributed by atoms with Crippen LogP contribution in [0.2, 0.25) is 0 Å². The molecule has 10 heteroatoms. The highest BCUT2D eigenvalue weighted by atomic mass is 19.3. The number of fused-ring (bicyclic) bond motifs is 1. The average Bonchev–Trinajstić information content (AvgIpc) is 3.56. The fraction of sp³-hybridized carbons (Fsp3) is 0.280. The number of para-hydroxylation sites is 1. The van der Waals surface area contributed by atoms with Gasteiger partial charge in [0.25, 0.3) is 12.3 Å². The number of hydrogen-bond donors (Lipinski definition) is 3. The number of imidazole rings is 1. The van der Waals surface area contributed by atoms with Gasteiger partial charge in [0.1, 0.15) is 35.6 Å². The molecule has 5 rings (SSSR count). The van der Waals surface area contributed by atoms with Gasteiger partial charge in [-0.05, 0) is 56.3 Å². The van der Waals surface area contributed by atoms with Gasteiger partial charge < -0.3 is 29.5 Å². The van der Waals surface area contributed by atoms with Gasteiger partial charge in [0.05, 0.1) is 17.7 Å². The number of carbonyl (C=O) groups is 1. The maximum Gasteiger partial charge on any atom is 0.264 e. The van der Waals surface area contributed by atoms with E-state index in [9.17, 15) is 13.6 Å². The lowest BCUT2D eigenvalue weighted by atomic mass is 10.1. The van der Waals surface area contributed by atoms with Gasteiger partial charge >= 0.3 is 0 Å². The molecular weight excluding hydrogens is 458 g/mol. The van der Waals surface area contributed by atoms with E-state index in [1.807, 2.05) is 0 Å². The molecular formula is C25H24F2N4O4. The van der Waals surface area contributed by atoms with E-state index in [0.29, 0.717) is 34.8 Å². The van der Waals surface area contributed by atoms with Crippen LogP contribution in [0.5, 0.6) is 5.75 Å². The number of nitrogens with one attached hydrogen (secondary N) is 3. The third kappa shape index (κ3) is 4.89. The molecule has 0 bridgehead atoms. The van der Waals surface area contributed by atoms with Crippen LogP contribution in [0.25, 0.3) is 22.4 Å². The number of nitrogens with zero attached hydrogens (tertiary/aromatic N) is 1. The number of hydrogen-bond acceptors (Lipinski definition) is 5. The Morgan fingerprint density at radius 1 is 1.26 bits per heavy atom. The molecule has 2 aromatic carbocycles. The number of carbonyl (C=O) groups excluding carboxylic acids is 1. The van der Waals surface area contributed by atoms with E-state index in [4.69, 9.17) is 14.2 Å². The molecule has 1 saturated heterocycles. The van der Waals surface area contributed by atoms with Gasteiger partial charge in [-0.2, -0.15) is 0 Å². The zero-order valence-corrected chi connectivity index (χ0v) is 19.1. The van der Waals surface area contributed by atoms with Gasteiger partial charge in [-0.15, -0.1) is 0 Å². The Hall–Kier alpha value is -3.76. The minimum absolute atomic E-state index is 0.176. The van der Waals surface area contributed by atoms with Crippen LogP contribution in [0, 0.1) is 0 Å². The quantitative estimate of drug-likeness (QED) is 0.333. The van der Waals surface area contributed by atoms with Crippen LogP contribution < -0.4 is 10.1 Å². The van der Waals surface area contributed by atoms with E-state index in [0.717, 1.165) is 0 Å². The van der Waals surface area contributed by atoms with Crippen LogP contribution in [-0.4, -0.2) is 46.0 Å². The molecule has 0 aliphatic carbocycles. The van der Waals surface area contributed by atoms with E-state index < -0.39 is 12.2 Å². The summed E-state index contributed by atoms with van der Waals surface area (Å²) in [5.74, 6) is 0.00672. The molecule has 3 heterocycles. The van der Waals surface area contributed by atoms with Crippen LogP contribution in [0.15, 0.2) is 54.7 Å². The van der Waals surface area contributed by atoms with Gasteiger partial charge in [0, 0.05) is 17.3 Å². The number of rotatable bonds is 7. The Morgan fingerprint density at radius 2 is 2.11 bits per heavy atom. The summed E-state index contributed by atoms with van der Waals surface area (Å²) in [5.41, 5.74) is 1.25. The standard InChI is InChI=1S/C25H24F2N4O4/c1-25(2)34-13-15(35-25)12-33-14-8-9-16(18(11-14)22(26)27)23-29-19-6-3-5-17(21(19)31-23)24(32)30-20-7-4-10-28-20/h3-11,15,22,28H,12-13H2,1-2H3,(H,29,31)(H,30,32)/t15-/m0/s1. The summed E-state index contributed by atoms with van der Waals surface area (Å²) in [5, 5.41) is 2.75. The lowest BCUT2D eigenvalue weighted by molar-refractivity contribution is -0.141. The second kappa shape index (κ2) is 9.12. The highest BCUT2D eigenvalue weighted by molar-refractivity contribution is 6.11. The Kier molecular flexibility index (Phi) is 6.00. The Labute approximate surface area is 199 Å². The van der Waals surface area contributed by atoms with E-state index in [2.05, 4.69) is 20.3 Å². The van der Waals surface area contributed by atoms with Crippen molar-refractivity contribution < 1.29 is 27.8 Å². The summed E-state index contributed by atoms with van der Waals surface area (Å²) in [4.78, 5) is 23.2. The van der Waals surface area contributed by atoms with Crippen LogP contribution in [0.4, 0.5) is 14.6 Å². The molecule has 0 saturated carbocycles. The summed E-state index contributed by atoms with van der Waals surface area (Å²) in [6.07, 6.45) is -1.36. The van der Waals surface area contributed by atoms with Crippen molar-refractivity contribution in [3.05, 3.63) is 65.9 Å². The number of ether oxygens (including phenoxy) is 3. The van der Waals surface area contributed by atoms with Crippen LogP contribution in [-0.2, 0) is 9.47 Å². The molecule has 1 atom stereocenters. The van der Waals surface area contributed by atoms with Crippen molar-refractivity contribution in [3.63, 3.8) is 0 Å². The SMILES string of the molecule is CC1(C)OC[C@H](COc2ccc(-c3nc4c(C(=O)Nc5ccc[nH]5)cccc4[nH]3)c(C(F)F)c2)O1. The minimum Gasteiger partial charge on any atom is -0.491 e. The molecule has 1 aliphatic rings. The second-order valence-corrected chi connectivity index (χ2v) is 8.64. The predicted molar refractivity (Wildman–Crippen MR) is 126 cm³/mol. The normalized spacial score (nSPS) is 17.2. The minimum atomic E-state index is -2.76. The number of amides is 1. The summed E-state index contributed by atoms with van der Waals surface area (Å²) in [7, 11) is 0. The summed E-state index contributed by atoms with van der Waals surface area (Å²) in [6, 6.07) is 13.0. The van der Waals surface area contributed by atoms with Crippen molar-refractivity contribution in [1.29, 1.82) is 0 Å². The van der Waals surface area contributed by atoms with Crippen LogP contribution in [0.3, 0.4) is 0 Å². The van der Waals surface area contributed by atoms with Crippen molar-refractivity contribution in [2.45, 2.75) is 32.2 Å². The van der Waals surface area contributed by atoms with Crippen molar-refractivity contribution in [2.75, 3.05) is 18.5 Å². The topological polar surface area (TPSA) is 101 Å². The fourth-order valence-corrected chi connectivity index (χ4v) is 4.00. The van der Waals surface area contributed by atoms with Crippen LogP contribution >= 0.6 is 0 Å². The molecule has 3 N–H and O–H groups in total. The number of anilines is 1. The zero-order chi connectivity index (χ0) is 24.6. The fourth-order valence-electron chi connectivity index (χ4n) is 4.00. The van der Waals surface area contributed by atoms with Gasteiger partial charge in [-0.3, -0.25) is 4.79 Å². The maximum atomic E-state index is 14.0. The molecule has 0 unspecified atom stereocenters. The Balaban J connectivity index is 1.41. The van der Waals surface area contributed by atoms with E-state index >= 15 is 0 Å². The van der Waals surface area contributed by atoms with Crippen molar-refractivity contribution in [2.24, 2.45) is 0 Å². The second-order valence-electron chi connectivity index (χ2n) is 8.64. The average molecular weight is 482 g/mol. The van der Waals surface area contributed by atoms with E-state index in [-0.39, 0.29) is 35.6 Å². The van der Waals surface area contributed by atoms with E-state index in [1.165, 1.54) is 12.1 Å². The largest absolute Gasteiger partial charge is 0.491 e. The van der Waals surface area contributed by atoms with E-state index in [1.54, 1.807) is 56.4 Å². The molecule has 0 radical (unpaired) electrons. The molecule has 2 aromatic heterocycles. The Bertz CT molecular complexity index is 1350. The number of aromatic nitrogens is 3. The first-order valence-electron chi connectivity index (χ1n) is 11.1. The number of benzene rings is 2. The first-order valence-corrected chi connectivity index (χ1v) is 11.1. The maximum absolute atomic E-state index is 14.0. The molecule has 182 valence electrons. The Morgan fingerprint density at radius 3 is 2.83 bits per heavy atom. The van der Waals surface area contributed by atoms with Gasteiger partial charge in [-0.25, -0.2) is 13.8 Å². The molecule has 1 aliphatic heterocycles. The van der Waals surface area contributed by atoms with Crippen molar-refractivity contribution in [1.82, 2.24) is 15.0 Å². The summed E-state index contributed by atoms with van der Waals surface area (Å²) in [6.45, 7) is 4.15. The molecule has 1 fully saturated rings. The molecule has 35 heavy (non-hydrogen) atoms. The highest BCUT2D eigenvalue weighted by Crippen LogP contribution is 2.34.